The molecule has 0 spiro atoms. The molecule has 6 heteroatoms. The van der Waals surface area contributed by atoms with Crippen molar-refractivity contribution in [2.75, 3.05) is 13.2 Å². The lowest BCUT2D eigenvalue weighted by molar-refractivity contribution is -0.141. The van der Waals surface area contributed by atoms with Crippen molar-refractivity contribution in [1.82, 2.24) is 9.88 Å². The first-order valence-electron chi connectivity index (χ1n) is 8.63. The van der Waals surface area contributed by atoms with Gasteiger partial charge in [0.15, 0.2) is 0 Å². The summed E-state index contributed by atoms with van der Waals surface area (Å²) in [5.41, 5.74) is 1.66. The summed E-state index contributed by atoms with van der Waals surface area (Å²) in [6.07, 6.45) is -1.78. The summed E-state index contributed by atoms with van der Waals surface area (Å²) < 4.78 is 44.6. The van der Waals surface area contributed by atoms with Gasteiger partial charge in [-0.15, -0.1) is 0 Å². The minimum absolute atomic E-state index is 0.0500. The molecule has 0 amide bonds. The molecule has 1 aromatic heterocycles. The van der Waals surface area contributed by atoms with Gasteiger partial charge >= 0.3 is 6.18 Å². The fourth-order valence-electron chi connectivity index (χ4n) is 3.66. The van der Waals surface area contributed by atoms with Crippen LogP contribution in [0.2, 0.25) is 0 Å². The third kappa shape index (κ3) is 3.52. The van der Waals surface area contributed by atoms with Crippen LogP contribution in [-0.2, 0) is 17.5 Å². The van der Waals surface area contributed by atoms with Gasteiger partial charge < -0.3 is 4.74 Å². The van der Waals surface area contributed by atoms with Crippen LogP contribution >= 0.6 is 0 Å². The van der Waals surface area contributed by atoms with Gasteiger partial charge in [0, 0.05) is 12.6 Å². The van der Waals surface area contributed by atoms with E-state index >= 15 is 0 Å². The SMILES string of the molecule is FC(F)(F)c1cccc(C2=CC3COCC(C2)N3Cc2ccccc2)n1. The number of hydrogen-bond acceptors (Lipinski definition) is 3. The largest absolute Gasteiger partial charge is 0.433 e. The molecule has 3 nitrogen and oxygen atoms in total. The molecular formula is C20H19F3N2O. The van der Waals surface area contributed by atoms with Crippen molar-refractivity contribution in [3.8, 4) is 0 Å². The molecule has 4 rings (SSSR count). The molecule has 1 aromatic carbocycles. The number of alkyl halides is 3. The van der Waals surface area contributed by atoms with Crippen molar-refractivity contribution in [3.05, 3.63) is 71.6 Å². The normalized spacial score (nSPS) is 23.6. The fourth-order valence-corrected chi connectivity index (χ4v) is 3.66. The molecule has 0 saturated carbocycles. The van der Waals surface area contributed by atoms with Gasteiger partial charge in [0.1, 0.15) is 5.69 Å². The maximum absolute atomic E-state index is 13.0. The third-order valence-corrected chi connectivity index (χ3v) is 4.92. The number of fused-ring (bicyclic) bond motifs is 2. The lowest BCUT2D eigenvalue weighted by Gasteiger charge is -2.44. The highest BCUT2D eigenvalue weighted by Crippen LogP contribution is 2.34. The summed E-state index contributed by atoms with van der Waals surface area (Å²) >= 11 is 0. The Hall–Kier alpha value is -2.18. The Labute approximate surface area is 150 Å². The number of rotatable bonds is 3. The molecular weight excluding hydrogens is 341 g/mol. The van der Waals surface area contributed by atoms with Crippen LogP contribution in [0.1, 0.15) is 23.4 Å². The minimum atomic E-state index is -4.43. The molecule has 26 heavy (non-hydrogen) atoms. The van der Waals surface area contributed by atoms with Crippen LogP contribution in [0.3, 0.4) is 0 Å². The zero-order valence-electron chi connectivity index (χ0n) is 14.1. The zero-order valence-corrected chi connectivity index (χ0v) is 14.1. The summed E-state index contributed by atoms with van der Waals surface area (Å²) in [6, 6.07) is 14.5. The lowest BCUT2D eigenvalue weighted by Crippen LogP contribution is -2.53. The predicted molar refractivity (Wildman–Crippen MR) is 92.2 cm³/mol. The first-order chi connectivity index (χ1) is 12.5. The van der Waals surface area contributed by atoms with Gasteiger partial charge in [-0.3, -0.25) is 4.90 Å². The Morgan fingerprint density at radius 2 is 1.85 bits per heavy atom. The number of hydrogen-bond donors (Lipinski definition) is 0. The molecule has 0 radical (unpaired) electrons. The smallest absolute Gasteiger partial charge is 0.378 e. The molecule has 0 N–H and O–H groups in total. The second-order valence-corrected chi connectivity index (χ2v) is 6.72. The second-order valence-electron chi connectivity index (χ2n) is 6.72. The van der Waals surface area contributed by atoms with Crippen LogP contribution in [0.25, 0.3) is 5.57 Å². The van der Waals surface area contributed by atoms with E-state index in [9.17, 15) is 13.2 Å². The standard InChI is InChI=1S/C20H19F3N2O/c21-20(22,23)19-8-4-7-18(24-19)15-9-16-12-26-13-17(10-15)25(16)11-14-5-2-1-3-6-14/h1-9,16-17H,10-13H2. The molecule has 2 aromatic rings. The van der Waals surface area contributed by atoms with E-state index in [2.05, 4.69) is 22.0 Å². The monoisotopic (exact) mass is 360 g/mol. The predicted octanol–water partition coefficient (Wildman–Crippen LogP) is 4.16. The van der Waals surface area contributed by atoms with Gasteiger partial charge in [-0.1, -0.05) is 42.5 Å². The molecule has 136 valence electrons. The summed E-state index contributed by atoms with van der Waals surface area (Å²) in [7, 11) is 0. The van der Waals surface area contributed by atoms with Crippen molar-refractivity contribution in [1.29, 1.82) is 0 Å². The van der Waals surface area contributed by atoms with Gasteiger partial charge in [-0.25, -0.2) is 4.98 Å². The molecule has 2 bridgehead atoms. The minimum Gasteiger partial charge on any atom is -0.378 e. The highest BCUT2D eigenvalue weighted by atomic mass is 19.4. The van der Waals surface area contributed by atoms with Crippen LogP contribution in [0, 0.1) is 0 Å². The van der Waals surface area contributed by atoms with Crippen molar-refractivity contribution in [3.63, 3.8) is 0 Å². The van der Waals surface area contributed by atoms with Crippen LogP contribution in [0.5, 0.6) is 0 Å². The number of nitrogens with zero attached hydrogens (tertiary/aromatic N) is 2. The molecule has 1 fully saturated rings. The molecule has 2 aliphatic rings. The molecule has 1 saturated heterocycles. The summed E-state index contributed by atoms with van der Waals surface area (Å²) in [5.74, 6) is 0. The van der Waals surface area contributed by atoms with Gasteiger partial charge in [0.25, 0.3) is 0 Å². The summed E-state index contributed by atoms with van der Waals surface area (Å²) in [4.78, 5) is 6.22. The van der Waals surface area contributed by atoms with Crippen LogP contribution in [-0.4, -0.2) is 35.2 Å². The van der Waals surface area contributed by atoms with Crippen molar-refractivity contribution in [2.24, 2.45) is 0 Å². The van der Waals surface area contributed by atoms with E-state index in [1.165, 1.54) is 11.6 Å². The van der Waals surface area contributed by atoms with E-state index in [0.717, 1.165) is 18.2 Å². The number of ether oxygens (including phenoxy) is 1. The van der Waals surface area contributed by atoms with Crippen molar-refractivity contribution >= 4 is 5.57 Å². The number of morpholine rings is 1. The highest BCUT2D eigenvalue weighted by molar-refractivity contribution is 5.65. The third-order valence-electron chi connectivity index (χ3n) is 4.92. The molecule has 0 aliphatic carbocycles. The average molecular weight is 360 g/mol. The fraction of sp³-hybridized carbons (Fsp3) is 0.350. The van der Waals surface area contributed by atoms with Gasteiger partial charge in [0.05, 0.1) is 24.9 Å². The maximum atomic E-state index is 13.0. The Balaban J connectivity index is 1.61. The van der Waals surface area contributed by atoms with E-state index in [-0.39, 0.29) is 12.1 Å². The maximum Gasteiger partial charge on any atom is 0.433 e. The Kier molecular flexibility index (Phi) is 4.54. The first-order valence-corrected chi connectivity index (χ1v) is 8.63. The first kappa shape index (κ1) is 17.2. The molecule has 2 unspecified atom stereocenters. The van der Waals surface area contributed by atoms with Gasteiger partial charge in [0.2, 0.25) is 0 Å². The number of aromatic nitrogens is 1. The zero-order chi connectivity index (χ0) is 18.1. The van der Waals surface area contributed by atoms with Gasteiger partial charge in [-0.2, -0.15) is 13.2 Å². The summed E-state index contributed by atoms with van der Waals surface area (Å²) in [6.45, 7) is 1.94. The quantitative estimate of drug-likeness (QED) is 0.822. The molecule has 2 atom stereocenters. The summed E-state index contributed by atoms with van der Waals surface area (Å²) in [5, 5.41) is 0. The number of benzene rings is 1. The van der Waals surface area contributed by atoms with Crippen molar-refractivity contribution in [2.45, 2.75) is 31.2 Å². The number of pyridine rings is 1. The number of halogens is 3. The van der Waals surface area contributed by atoms with E-state index in [4.69, 9.17) is 4.74 Å². The topological polar surface area (TPSA) is 25.4 Å². The van der Waals surface area contributed by atoms with E-state index in [1.807, 2.05) is 24.3 Å². The Morgan fingerprint density at radius 3 is 2.58 bits per heavy atom. The lowest BCUT2D eigenvalue weighted by atomic mass is 9.91. The highest BCUT2D eigenvalue weighted by Gasteiger charge is 2.36. The van der Waals surface area contributed by atoms with Crippen LogP contribution < -0.4 is 0 Å². The van der Waals surface area contributed by atoms with E-state index < -0.39 is 11.9 Å². The Morgan fingerprint density at radius 1 is 1.04 bits per heavy atom. The second kappa shape index (κ2) is 6.85. The van der Waals surface area contributed by atoms with Crippen LogP contribution in [0.15, 0.2) is 54.6 Å². The van der Waals surface area contributed by atoms with E-state index in [0.29, 0.717) is 25.3 Å². The van der Waals surface area contributed by atoms with E-state index in [1.54, 1.807) is 6.07 Å². The van der Waals surface area contributed by atoms with Crippen molar-refractivity contribution < 1.29 is 17.9 Å². The molecule has 2 aliphatic heterocycles. The van der Waals surface area contributed by atoms with Crippen LogP contribution in [0.4, 0.5) is 13.2 Å². The Bertz CT molecular complexity index is 804. The molecule has 3 heterocycles. The average Bonchev–Trinajstić information content (AvgIpc) is 2.62. The van der Waals surface area contributed by atoms with Gasteiger partial charge in [-0.05, 0) is 29.7 Å².